The number of aliphatic hydroxyl groups is 1. The molecule has 0 aliphatic rings. The van der Waals surface area contributed by atoms with Crippen LogP contribution in [-0.4, -0.2) is 21.7 Å². The van der Waals surface area contributed by atoms with Gasteiger partial charge in [0.1, 0.15) is 11.9 Å². The topological polar surface area (TPSA) is 83.6 Å². The Bertz CT molecular complexity index is 355. The molecule has 0 heterocycles. The molecule has 0 amide bonds. The van der Waals surface area contributed by atoms with E-state index in [0.29, 0.717) is 10.0 Å². The average Bonchev–Trinajstić information content (AvgIpc) is 2.08. The first-order chi connectivity index (χ1) is 6.50. The van der Waals surface area contributed by atoms with E-state index >= 15 is 0 Å². The van der Waals surface area contributed by atoms with E-state index in [1.54, 1.807) is 0 Å². The highest BCUT2D eigenvalue weighted by Gasteiger charge is 2.17. The molecular formula is C8H8BrNO4. The molecule has 2 N–H and O–H groups in total. The summed E-state index contributed by atoms with van der Waals surface area (Å²) >= 11 is 3.13. The van der Waals surface area contributed by atoms with Gasteiger partial charge in [0.15, 0.2) is 0 Å². The summed E-state index contributed by atoms with van der Waals surface area (Å²) in [5, 5.41) is 28.7. The summed E-state index contributed by atoms with van der Waals surface area (Å²) in [5.74, 6) is -0.0365. The van der Waals surface area contributed by atoms with Crippen LogP contribution in [0.4, 0.5) is 0 Å². The Labute approximate surface area is 88.3 Å². The molecule has 1 atom stereocenters. The van der Waals surface area contributed by atoms with Gasteiger partial charge in [-0.15, -0.1) is 0 Å². The molecular weight excluding hydrogens is 254 g/mol. The van der Waals surface area contributed by atoms with Gasteiger partial charge in [-0.3, -0.25) is 10.1 Å². The molecule has 1 unspecified atom stereocenters. The van der Waals surface area contributed by atoms with Crippen molar-refractivity contribution in [3.8, 4) is 5.75 Å². The molecule has 0 saturated carbocycles. The lowest BCUT2D eigenvalue weighted by Crippen LogP contribution is -2.12. The molecule has 0 bridgehead atoms. The summed E-state index contributed by atoms with van der Waals surface area (Å²) in [6.45, 7) is -0.581. The number of aromatic hydroxyl groups is 1. The normalized spacial score (nSPS) is 12.4. The van der Waals surface area contributed by atoms with Crippen LogP contribution in [0.5, 0.6) is 5.75 Å². The first-order valence-corrected chi connectivity index (χ1v) is 4.58. The van der Waals surface area contributed by atoms with Crippen molar-refractivity contribution in [1.29, 1.82) is 0 Å². The van der Waals surface area contributed by atoms with Gasteiger partial charge in [-0.25, -0.2) is 0 Å². The molecule has 1 aromatic rings. The van der Waals surface area contributed by atoms with E-state index in [0.717, 1.165) is 0 Å². The summed E-state index contributed by atoms with van der Waals surface area (Å²) in [7, 11) is 0. The maximum atomic E-state index is 10.1. The number of halogens is 1. The lowest BCUT2D eigenvalue weighted by Gasteiger charge is -2.08. The fourth-order valence-corrected chi connectivity index (χ4v) is 1.54. The van der Waals surface area contributed by atoms with Crippen molar-refractivity contribution >= 4 is 15.9 Å². The zero-order valence-electron chi connectivity index (χ0n) is 7.05. The molecule has 0 saturated heterocycles. The van der Waals surface area contributed by atoms with Crippen molar-refractivity contribution in [2.24, 2.45) is 0 Å². The van der Waals surface area contributed by atoms with Gasteiger partial charge in [-0.05, 0) is 18.2 Å². The van der Waals surface area contributed by atoms with Gasteiger partial charge in [0, 0.05) is 15.0 Å². The van der Waals surface area contributed by atoms with Crippen LogP contribution in [0, 0.1) is 10.1 Å². The summed E-state index contributed by atoms with van der Waals surface area (Å²) in [6, 6.07) is 4.23. The van der Waals surface area contributed by atoms with Crippen LogP contribution in [0.2, 0.25) is 0 Å². The van der Waals surface area contributed by atoms with Crippen LogP contribution in [0.3, 0.4) is 0 Å². The van der Waals surface area contributed by atoms with E-state index in [1.807, 2.05) is 0 Å². The second kappa shape index (κ2) is 4.39. The molecule has 14 heavy (non-hydrogen) atoms. The monoisotopic (exact) mass is 261 g/mol. The Kier molecular flexibility index (Phi) is 3.43. The smallest absolute Gasteiger partial charge is 0.233 e. The number of benzene rings is 1. The number of phenols is 1. The second-order valence-electron chi connectivity index (χ2n) is 2.74. The molecule has 6 heteroatoms. The minimum absolute atomic E-state index is 0.0365. The van der Waals surface area contributed by atoms with Crippen molar-refractivity contribution in [2.45, 2.75) is 6.10 Å². The molecule has 76 valence electrons. The van der Waals surface area contributed by atoms with Crippen LogP contribution < -0.4 is 0 Å². The van der Waals surface area contributed by atoms with Crippen LogP contribution in [0.25, 0.3) is 0 Å². The number of nitrogens with zero attached hydrogens (tertiary/aromatic N) is 1. The van der Waals surface area contributed by atoms with Gasteiger partial charge in [0.2, 0.25) is 6.54 Å². The minimum Gasteiger partial charge on any atom is -0.508 e. The Hall–Kier alpha value is -1.14. The molecule has 1 rings (SSSR count). The molecule has 0 aliphatic carbocycles. The van der Waals surface area contributed by atoms with E-state index in [2.05, 4.69) is 15.9 Å². The average molecular weight is 262 g/mol. The van der Waals surface area contributed by atoms with Crippen molar-refractivity contribution in [3.63, 3.8) is 0 Å². The fraction of sp³-hybridized carbons (Fsp3) is 0.250. The number of hydrogen-bond donors (Lipinski definition) is 2. The Morgan fingerprint density at radius 2 is 2.21 bits per heavy atom. The zero-order valence-corrected chi connectivity index (χ0v) is 8.64. The summed E-state index contributed by atoms with van der Waals surface area (Å²) < 4.78 is 0.532. The van der Waals surface area contributed by atoms with E-state index in [-0.39, 0.29) is 5.75 Å². The van der Waals surface area contributed by atoms with Crippen molar-refractivity contribution < 1.29 is 15.1 Å². The highest BCUT2D eigenvalue weighted by molar-refractivity contribution is 9.10. The van der Waals surface area contributed by atoms with Gasteiger partial charge in [-0.1, -0.05) is 15.9 Å². The number of phenolic OH excluding ortho intramolecular Hbond substituents is 1. The highest BCUT2D eigenvalue weighted by atomic mass is 79.9. The molecule has 0 fully saturated rings. The zero-order chi connectivity index (χ0) is 10.7. The Balaban J connectivity index is 2.93. The summed E-state index contributed by atoms with van der Waals surface area (Å²) in [4.78, 5) is 9.54. The van der Waals surface area contributed by atoms with Gasteiger partial charge < -0.3 is 10.2 Å². The number of aliphatic hydroxyl groups excluding tert-OH is 1. The minimum atomic E-state index is -1.22. The highest BCUT2D eigenvalue weighted by Crippen LogP contribution is 2.27. The molecule has 0 radical (unpaired) electrons. The van der Waals surface area contributed by atoms with Crippen LogP contribution in [-0.2, 0) is 0 Å². The predicted octanol–water partition coefficient (Wildman–Crippen LogP) is 1.46. The maximum absolute atomic E-state index is 10.1. The third-order valence-electron chi connectivity index (χ3n) is 1.66. The van der Waals surface area contributed by atoms with Gasteiger partial charge >= 0.3 is 0 Å². The standard InChI is InChI=1S/C8H8BrNO4/c9-7-2-1-5(11)3-6(7)8(12)4-10(13)14/h1-3,8,11-12H,4H2. The molecule has 5 nitrogen and oxygen atoms in total. The fourth-order valence-electron chi connectivity index (χ4n) is 1.03. The maximum Gasteiger partial charge on any atom is 0.233 e. The van der Waals surface area contributed by atoms with E-state index in [4.69, 9.17) is 5.11 Å². The molecule has 0 aromatic heterocycles. The Morgan fingerprint density at radius 1 is 1.57 bits per heavy atom. The summed E-state index contributed by atoms with van der Waals surface area (Å²) in [6.07, 6.45) is -1.22. The van der Waals surface area contributed by atoms with Gasteiger partial charge in [0.25, 0.3) is 0 Å². The van der Waals surface area contributed by atoms with Crippen LogP contribution in [0.15, 0.2) is 22.7 Å². The first kappa shape index (κ1) is 10.9. The van der Waals surface area contributed by atoms with Crippen molar-refractivity contribution in [3.05, 3.63) is 38.3 Å². The van der Waals surface area contributed by atoms with Crippen LogP contribution in [0.1, 0.15) is 11.7 Å². The van der Waals surface area contributed by atoms with Crippen molar-refractivity contribution in [2.75, 3.05) is 6.54 Å². The molecule has 0 aliphatic heterocycles. The SMILES string of the molecule is O=[N+]([O-])CC(O)c1cc(O)ccc1Br. The molecule has 0 spiro atoms. The first-order valence-electron chi connectivity index (χ1n) is 3.79. The number of rotatable bonds is 3. The van der Waals surface area contributed by atoms with Gasteiger partial charge in [-0.2, -0.15) is 0 Å². The largest absolute Gasteiger partial charge is 0.508 e. The lowest BCUT2D eigenvalue weighted by molar-refractivity contribution is -0.491. The predicted molar refractivity (Wildman–Crippen MR) is 52.6 cm³/mol. The second-order valence-corrected chi connectivity index (χ2v) is 3.59. The van der Waals surface area contributed by atoms with Crippen molar-refractivity contribution in [1.82, 2.24) is 0 Å². The summed E-state index contributed by atoms with van der Waals surface area (Å²) in [5.41, 5.74) is 0.307. The van der Waals surface area contributed by atoms with E-state index < -0.39 is 17.6 Å². The lowest BCUT2D eigenvalue weighted by atomic mass is 10.1. The van der Waals surface area contributed by atoms with Gasteiger partial charge in [0.05, 0.1) is 0 Å². The number of hydrogen-bond acceptors (Lipinski definition) is 4. The third kappa shape index (κ3) is 2.68. The van der Waals surface area contributed by atoms with E-state index in [9.17, 15) is 15.2 Å². The molecule has 1 aromatic carbocycles. The Morgan fingerprint density at radius 3 is 2.79 bits per heavy atom. The quantitative estimate of drug-likeness (QED) is 0.638. The van der Waals surface area contributed by atoms with Crippen LogP contribution >= 0.6 is 15.9 Å². The third-order valence-corrected chi connectivity index (χ3v) is 2.38. The number of nitro groups is 1. The van der Waals surface area contributed by atoms with E-state index in [1.165, 1.54) is 18.2 Å².